The number of rotatable bonds is 3. The molecule has 0 saturated carbocycles. The van der Waals surface area contributed by atoms with Crippen molar-refractivity contribution in [1.29, 1.82) is 0 Å². The first-order valence-electron chi connectivity index (χ1n) is 9.84. The van der Waals surface area contributed by atoms with Crippen molar-refractivity contribution in [3.8, 4) is 22.5 Å². The molecule has 1 fully saturated rings. The Morgan fingerprint density at radius 3 is 2.60 bits per heavy atom. The molecule has 0 bridgehead atoms. The second kappa shape index (κ2) is 7.46. The van der Waals surface area contributed by atoms with Crippen molar-refractivity contribution in [2.45, 2.75) is 13.0 Å². The lowest BCUT2D eigenvalue weighted by Gasteiger charge is -2.32. The van der Waals surface area contributed by atoms with Gasteiger partial charge in [0.05, 0.1) is 5.69 Å². The van der Waals surface area contributed by atoms with Crippen molar-refractivity contribution in [2.75, 3.05) is 24.5 Å². The van der Waals surface area contributed by atoms with Crippen LogP contribution in [0.25, 0.3) is 28.2 Å². The van der Waals surface area contributed by atoms with Crippen LogP contribution in [0.4, 0.5) is 14.6 Å². The van der Waals surface area contributed by atoms with Crippen molar-refractivity contribution in [3.63, 3.8) is 0 Å². The standard InChI is InChI=1S/C22H20F2N6/c1-14-13-29(11-10-26-14)20-5-4-19-27-21(16-2-3-17(23)18(24)12-16)22(30(19)28-20)15-6-8-25-9-7-15/h2-9,12,14,26H,10-11,13H2,1H3/t14-/m1/s1. The van der Waals surface area contributed by atoms with Crippen molar-refractivity contribution in [3.05, 3.63) is 66.5 Å². The van der Waals surface area contributed by atoms with Gasteiger partial charge in [-0.3, -0.25) is 4.98 Å². The van der Waals surface area contributed by atoms with Gasteiger partial charge in [-0.2, -0.15) is 0 Å². The SMILES string of the molecule is C[C@@H]1CN(c2ccc3nc(-c4ccc(F)c(F)c4)c(-c4ccncc4)n3n2)CCN1. The van der Waals surface area contributed by atoms with E-state index >= 15 is 0 Å². The molecular formula is C22H20F2N6. The smallest absolute Gasteiger partial charge is 0.159 e. The van der Waals surface area contributed by atoms with Crippen LogP contribution >= 0.6 is 0 Å². The summed E-state index contributed by atoms with van der Waals surface area (Å²) in [6.07, 6.45) is 3.37. The Morgan fingerprint density at radius 2 is 1.83 bits per heavy atom. The van der Waals surface area contributed by atoms with Gasteiger partial charge in [0.2, 0.25) is 0 Å². The molecule has 5 rings (SSSR count). The molecule has 3 aromatic heterocycles. The molecule has 8 heteroatoms. The number of hydrogen-bond acceptors (Lipinski definition) is 5. The summed E-state index contributed by atoms with van der Waals surface area (Å²) < 4.78 is 29.2. The maximum atomic E-state index is 14.0. The van der Waals surface area contributed by atoms with E-state index in [9.17, 15) is 8.78 Å². The first-order valence-corrected chi connectivity index (χ1v) is 9.84. The minimum atomic E-state index is -0.909. The molecule has 30 heavy (non-hydrogen) atoms. The summed E-state index contributed by atoms with van der Waals surface area (Å²) in [5, 5.41) is 8.29. The average molecular weight is 406 g/mol. The number of nitrogens with zero attached hydrogens (tertiary/aromatic N) is 5. The number of anilines is 1. The third kappa shape index (κ3) is 3.29. The molecule has 0 spiro atoms. The highest BCUT2D eigenvalue weighted by molar-refractivity contribution is 5.81. The van der Waals surface area contributed by atoms with E-state index in [-0.39, 0.29) is 0 Å². The fraction of sp³-hybridized carbons (Fsp3) is 0.227. The maximum absolute atomic E-state index is 14.0. The number of aromatic nitrogens is 4. The second-order valence-corrected chi connectivity index (χ2v) is 7.44. The van der Waals surface area contributed by atoms with Crippen LogP contribution in [0.2, 0.25) is 0 Å². The Hall–Kier alpha value is -3.39. The Bertz CT molecular complexity index is 1210. The van der Waals surface area contributed by atoms with E-state index in [1.165, 1.54) is 12.1 Å². The number of fused-ring (bicyclic) bond motifs is 1. The largest absolute Gasteiger partial charge is 0.352 e. The van der Waals surface area contributed by atoms with Crippen LogP contribution in [-0.4, -0.2) is 45.3 Å². The zero-order chi connectivity index (χ0) is 20.7. The molecule has 6 nitrogen and oxygen atoms in total. The lowest BCUT2D eigenvalue weighted by atomic mass is 10.1. The van der Waals surface area contributed by atoms with Crippen molar-refractivity contribution in [1.82, 2.24) is 24.9 Å². The van der Waals surface area contributed by atoms with Gasteiger partial charge in [0.1, 0.15) is 11.5 Å². The van der Waals surface area contributed by atoms with Crippen LogP contribution in [0.5, 0.6) is 0 Å². The number of nitrogens with one attached hydrogen (secondary N) is 1. The van der Waals surface area contributed by atoms with Crippen LogP contribution in [-0.2, 0) is 0 Å². The highest BCUT2D eigenvalue weighted by Crippen LogP contribution is 2.33. The second-order valence-electron chi connectivity index (χ2n) is 7.44. The van der Waals surface area contributed by atoms with Gasteiger partial charge in [0.15, 0.2) is 17.3 Å². The molecule has 0 amide bonds. The molecule has 0 aliphatic carbocycles. The molecule has 152 valence electrons. The summed E-state index contributed by atoms with van der Waals surface area (Å²) in [5.74, 6) is -0.949. The van der Waals surface area contributed by atoms with Crippen molar-refractivity contribution >= 4 is 11.5 Å². The molecule has 0 unspecified atom stereocenters. The van der Waals surface area contributed by atoms with E-state index in [0.717, 1.165) is 37.1 Å². The summed E-state index contributed by atoms with van der Waals surface area (Å²) in [5.41, 5.74) is 3.22. The third-order valence-corrected chi connectivity index (χ3v) is 5.30. The van der Waals surface area contributed by atoms with Gasteiger partial charge in [0, 0.05) is 49.2 Å². The van der Waals surface area contributed by atoms with Crippen LogP contribution in [0.15, 0.2) is 54.9 Å². The molecular weight excluding hydrogens is 386 g/mol. The minimum absolute atomic E-state index is 0.372. The number of imidazole rings is 1. The van der Waals surface area contributed by atoms with E-state index < -0.39 is 11.6 Å². The van der Waals surface area contributed by atoms with E-state index in [1.54, 1.807) is 16.9 Å². The van der Waals surface area contributed by atoms with Gasteiger partial charge < -0.3 is 10.2 Å². The van der Waals surface area contributed by atoms with Gasteiger partial charge in [-0.05, 0) is 49.4 Å². The van der Waals surface area contributed by atoms with E-state index in [1.807, 2.05) is 24.3 Å². The molecule has 4 heterocycles. The van der Waals surface area contributed by atoms with Crippen LogP contribution in [0, 0.1) is 11.6 Å². The average Bonchev–Trinajstić information content (AvgIpc) is 3.15. The normalized spacial score (nSPS) is 16.9. The number of piperazine rings is 1. The van der Waals surface area contributed by atoms with Crippen LogP contribution in [0.3, 0.4) is 0 Å². The number of pyridine rings is 1. The van der Waals surface area contributed by atoms with Gasteiger partial charge >= 0.3 is 0 Å². The third-order valence-electron chi connectivity index (χ3n) is 5.30. The highest BCUT2D eigenvalue weighted by atomic mass is 19.2. The first-order chi connectivity index (χ1) is 14.6. The molecule has 1 aliphatic heterocycles. The van der Waals surface area contributed by atoms with Crippen molar-refractivity contribution in [2.24, 2.45) is 0 Å². The van der Waals surface area contributed by atoms with Gasteiger partial charge in [-0.1, -0.05) is 0 Å². The summed E-state index contributed by atoms with van der Waals surface area (Å²) in [6, 6.07) is 11.8. The van der Waals surface area contributed by atoms with Gasteiger partial charge in [-0.25, -0.2) is 18.3 Å². The van der Waals surface area contributed by atoms with Crippen LogP contribution < -0.4 is 10.2 Å². The van der Waals surface area contributed by atoms with Crippen LogP contribution in [0.1, 0.15) is 6.92 Å². The zero-order valence-electron chi connectivity index (χ0n) is 16.4. The fourth-order valence-corrected chi connectivity index (χ4v) is 3.85. The lowest BCUT2D eigenvalue weighted by Crippen LogP contribution is -2.49. The summed E-state index contributed by atoms with van der Waals surface area (Å²) in [6.45, 7) is 4.75. The molecule has 0 radical (unpaired) electrons. The Labute approximate surface area is 172 Å². The monoisotopic (exact) mass is 406 g/mol. The number of hydrogen-bond donors (Lipinski definition) is 1. The summed E-state index contributed by atoms with van der Waals surface area (Å²) >= 11 is 0. The first kappa shape index (κ1) is 18.6. The predicted octanol–water partition coefficient (Wildman–Crippen LogP) is 3.53. The number of halogens is 2. The highest BCUT2D eigenvalue weighted by Gasteiger charge is 2.21. The van der Waals surface area contributed by atoms with E-state index in [2.05, 4.69) is 22.1 Å². The van der Waals surface area contributed by atoms with Crippen molar-refractivity contribution < 1.29 is 8.78 Å². The predicted molar refractivity (Wildman–Crippen MR) is 111 cm³/mol. The van der Waals surface area contributed by atoms with Gasteiger partial charge in [-0.15, -0.1) is 5.10 Å². The summed E-state index contributed by atoms with van der Waals surface area (Å²) in [7, 11) is 0. The molecule has 4 aromatic rings. The topological polar surface area (TPSA) is 58.4 Å². The maximum Gasteiger partial charge on any atom is 0.159 e. The quantitative estimate of drug-likeness (QED) is 0.564. The van der Waals surface area contributed by atoms with E-state index in [4.69, 9.17) is 10.1 Å². The Morgan fingerprint density at radius 1 is 1.00 bits per heavy atom. The van der Waals surface area contributed by atoms with E-state index in [0.29, 0.717) is 28.6 Å². The molecule has 1 atom stereocenters. The molecule has 1 aliphatic rings. The molecule has 1 aromatic carbocycles. The lowest BCUT2D eigenvalue weighted by molar-refractivity contribution is 0.481. The fourth-order valence-electron chi connectivity index (χ4n) is 3.85. The Balaban J connectivity index is 1.71. The minimum Gasteiger partial charge on any atom is -0.352 e. The number of benzene rings is 1. The molecule has 1 N–H and O–H groups in total. The Kier molecular flexibility index (Phi) is 4.63. The summed E-state index contributed by atoms with van der Waals surface area (Å²) in [4.78, 5) is 11.0. The van der Waals surface area contributed by atoms with Gasteiger partial charge in [0.25, 0.3) is 0 Å². The zero-order valence-corrected chi connectivity index (χ0v) is 16.4. The molecule has 1 saturated heterocycles.